The number of carbonyl (C=O) groups is 2. The fraction of sp³-hybridized carbons (Fsp3) is 0.846. The van der Waals surface area contributed by atoms with Gasteiger partial charge in [0, 0.05) is 19.0 Å². The lowest BCUT2D eigenvalue weighted by molar-refractivity contribution is -0.137. The largest absolute Gasteiger partial charge is 0.481 e. The number of hydrogen-bond acceptors (Lipinski definition) is 2. The number of urea groups is 1. The Balaban J connectivity index is 2.18. The number of amides is 2. The molecule has 18 heavy (non-hydrogen) atoms. The van der Waals surface area contributed by atoms with E-state index in [4.69, 9.17) is 5.11 Å². The van der Waals surface area contributed by atoms with Crippen molar-refractivity contribution in [3.63, 3.8) is 0 Å². The summed E-state index contributed by atoms with van der Waals surface area (Å²) in [5.74, 6) is -0.830. The van der Waals surface area contributed by atoms with Crippen LogP contribution in [0.2, 0.25) is 0 Å². The standard InChI is InChI=1S/C13H24N2O3/c1-3-13(7-4-8-13)9-14-12(18)15-10(2)5-6-11(16)17/h10H,3-9H2,1-2H3,(H,16,17)(H2,14,15,18). The van der Waals surface area contributed by atoms with E-state index in [-0.39, 0.29) is 18.5 Å². The average Bonchev–Trinajstić information content (AvgIpc) is 2.25. The maximum atomic E-state index is 11.6. The Morgan fingerprint density at radius 2 is 2.06 bits per heavy atom. The summed E-state index contributed by atoms with van der Waals surface area (Å²) < 4.78 is 0. The molecule has 1 rings (SSSR count). The van der Waals surface area contributed by atoms with Crippen LogP contribution >= 0.6 is 0 Å². The molecular weight excluding hydrogens is 232 g/mol. The Kier molecular flexibility index (Phi) is 5.44. The number of carboxylic acids is 1. The van der Waals surface area contributed by atoms with Crippen LogP contribution in [0.3, 0.4) is 0 Å². The second-order valence-corrected chi connectivity index (χ2v) is 5.37. The van der Waals surface area contributed by atoms with Crippen LogP contribution in [0.4, 0.5) is 4.79 Å². The molecule has 0 spiro atoms. The van der Waals surface area contributed by atoms with Gasteiger partial charge in [0.25, 0.3) is 0 Å². The smallest absolute Gasteiger partial charge is 0.315 e. The molecule has 1 unspecified atom stereocenters. The molecule has 0 bridgehead atoms. The van der Waals surface area contributed by atoms with Crippen molar-refractivity contribution in [2.24, 2.45) is 5.41 Å². The zero-order chi connectivity index (χ0) is 13.6. The lowest BCUT2D eigenvalue weighted by atomic mass is 9.67. The average molecular weight is 256 g/mol. The molecular formula is C13H24N2O3. The van der Waals surface area contributed by atoms with Crippen molar-refractivity contribution in [2.75, 3.05) is 6.54 Å². The van der Waals surface area contributed by atoms with Gasteiger partial charge in [-0.3, -0.25) is 4.79 Å². The molecule has 5 nitrogen and oxygen atoms in total. The molecule has 1 saturated carbocycles. The molecule has 5 heteroatoms. The summed E-state index contributed by atoms with van der Waals surface area (Å²) in [5, 5.41) is 14.2. The monoisotopic (exact) mass is 256 g/mol. The highest BCUT2D eigenvalue weighted by Gasteiger charge is 2.35. The van der Waals surface area contributed by atoms with Gasteiger partial charge >= 0.3 is 12.0 Å². The van der Waals surface area contributed by atoms with Gasteiger partial charge in [-0.2, -0.15) is 0 Å². The third-order valence-corrected chi connectivity index (χ3v) is 3.96. The van der Waals surface area contributed by atoms with E-state index < -0.39 is 5.97 Å². The predicted molar refractivity (Wildman–Crippen MR) is 69.4 cm³/mol. The molecule has 0 aromatic rings. The summed E-state index contributed by atoms with van der Waals surface area (Å²) in [5.41, 5.74) is 0.307. The Morgan fingerprint density at radius 3 is 2.50 bits per heavy atom. The quantitative estimate of drug-likeness (QED) is 0.653. The van der Waals surface area contributed by atoms with Gasteiger partial charge in [-0.15, -0.1) is 0 Å². The first-order valence-corrected chi connectivity index (χ1v) is 6.73. The summed E-state index contributed by atoms with van der Waals surface area (Å²) >= 11 is 0. The van der Waals surface area contributed by atoms with Crippen LogP contribution in [-0.2, 0) is 4.79 Å². The molecule has 2 amide bonds. The van der Waals surface area contributed by atoms with E-state index in [1.54, 1.807) is 0 Å². The number of rotatable bonds is 7. The molecule has 0 aromatic carbocycles. The van der Waals surface area contributed by atoms with Gasteiger partial charge < -0.3 is 15.7 Å². The maximum Gasteiger partial charge on any atom is 0.315 e. The summed E-state index contributed by atoms with van der Waals surface area (Å²) in [6.07, 6.45) is 5.28. The van der Waals surface area contributed by atoms with Gasteiger partial charge in [0.1, 0.15) is 0 Å². The molecule has 0 aromatic heterocycles. The van der Waals surface area contributed by atoms with Crippen molar-refractivity contribution in [1.82, 2.24) is 10.6 Å². The van der Waals surface area contributed by atoms with Gasteiger partial charge in [0.15, 0.2) is 0 Å². The van der Waals surface area contributed by atoms with Gasteiger partial charge in [-0.25, -0.2) is 4.79 Å². The maximum absolute atomic E-state index is 11.6. The van der Waals surface area contributed by atoms with Crippen LogP contribution in [0.5, 0.6) is 0 Å². The molecule has 1 atom stereocenters. The van der Waals surface area contributed by atoms with Crippen molar-refractivity contribution in [1.29, 1.82) is 0 Å². The van der Waals surface area contributed by atoms with E-state index in [0.29, 0.717) is 11.8 Å². The van der Waals surface area contributed by atoms with Crippen molar-refractivity contribution in [3.05, 3.63) is 0 Å². The highest BCUT2D eigenvalue weighted by molar-refractivity contribution is 5.74. The van der Waals surface area contributed by atoms with Crippen molar-refractivity contribution in [2.45, 2.75) is 58.4 Å². The molecule has 1 aliphatic carbocycles. The number of aliphatic carboxylic acids is 1. The van der Waals surface area contributed by atoms with Gasteiger partial charge in [-0.05, 0) is 38.0 Å². The van der Waals surface area contributed by atoms with Crippen LogP contribution in [0, 0.1) is 5.41 Å². The first-order chi connectivity index (χ1) is 8.47. The third-order valence-electron chi connectivity index (χ3n) is 3.96. The lowest BCUT2D eigenvalue weighted by Crippen LogP contribution is -2.47. The lowest BCUT2D eigenvalue weighted by Gasteiger charge is -2.41. The van der Waals surface area contributed by atoms with E-state index in [2.05, 4.69) is 17.6 Å². The Labute approximate surface area is 108 Å². The van der Waals surface area contributed by atoms with E-state index in [9.17, 15) is 9.59 Å². The van der Waals surface area contributed by atoms with Gasteiger partial charge in [0.05, 0.1) is 0 Å². The minimum Gasteiger partial charge on any atom is -0.481 e. The second kappa shape index (κ2) is 6.61. The molecule has 3 N–H and O–H groups in total. The minimum atomic E-state index is -0.830. The second-order valence-electron chi connectivity index (χ2n) is 5.37. The number of carboxylic acid groups (broad SMARTS) is 1. The number of nitrogens with one attached hydrogen (secondary N) is 2. The fourth-order valence-corrected chi connectivity index (χ4v) is 2.29. The summed E-state index contributed by atoms with van der Waals surface area (Å²) in [4.78, 5) is 22.0. The predicted octanol–water partition coefficient (Wildman–Crippen LogP) is 2.12. The van der Waals surface area contributed by atoms with E-state index >= 15 is 0 Å². The topological polar surface area (TPSA) is 78.4 Å². The molecule has 104 valence electrons. The summed E-state index contributed by atoms with van der Waals surface area (Å²) in [6, 6.07) is -0.298. The Bertz CT molecular complexity index is 295. The van der Waals surface area contributed by atoms with E-state index in [0.717, 1.165) is 13.0 Å². The van der Waals surface area contributed by atoms with Crippen molar-refractivity contribution < 1.29 is 14.7 Å². The van der Waals surface area contributed by atoms with Crippen LogP contribution in [0.15, 0.2) is 0 Å². The minimum absolute atomic E-state index is 0.0837. The molecule has 0 aliphatic heterocycles. The van der Waals surface area contributed by atoms with Crippen LogP contribution in [-0.4, -0.2) is 29.7 Å². The molecule has 0 radical (unpaired) electrons. The normalized spacial score (nSPS) is 18.6. The van der Waals surface area contributed by atoms with E-state index in [1.165, 1.54) is 19.3 Å². The molecule has 0 saturated heterocycles. The molecule has 0 heterocycles. The first-order valence-electron chi connectivity index (χ1n) is 6.73. The Morgan fingerprint density at radius 1 is 1.39 bits per heavy atom. The van der Waals surface area contributed by atoms with Gasteiger partial charge in [0.2, 0.25) is 0 Å². The Hall–Kier alpha value is -1.26. The van der Waals surface area contributed by atoms with E-state index in [1.807, 2.05) is 6.92 Å². The highest BCUT2D eigenvalue weighted by atomic mass is 16.4. The van der Waals surface area contributed by atoms with Gasteiger partial charge in [-0.1, -0.05) is 13.3 Å². The molecule has 1 fully saturated rings. The first kappa shape index (κ1) is 14.8. The zero-order valence-electron chi connectivity index (χ0n) is 11.3. The summed E-state index contributed by atoms with van der Waals surface area (Å²) in [6.45, 7) is 4.71. The van der Waals surface area contributed by atoms with Crippen LogP contribution in [0.1, 0.15) is 52.4 Å². The number of carbonyl (C=O) groups excluding carboxylic acids is 1. The zero-order valence-corrected chi connectivity index (χ0v) is 11.3. The fourth-order valence-electron chi connectivity index (χ4n) is 2.29. The SMILES string of the molecule is CCC1(CNC(=O)NC(C)CCC(=O)O)CCC1. The van der Waals surface area contributed by atoms with Crippen LogP contribution < -0.4 is 10.6 Å². The van der Waals surface area contributed by atoms with Crippen molar-refractivity contribution in [3.8, 4) is 0 Å². The number of hydrogen-bond donors (Lipinski definition) is 3. The van der Waals surface area contributed by atoms with Crippen LogP contribution in [0.25, 0.3) is 0 Å². The molecule has 1 aliphatic rings. The third kappa shape index (κ3) is 4.55. The summed E-state index contributed by atoms with van der Waals surface area (Å²) in [7, 11) is 0. The highest BCUT2D eigenvalue weighted by Crippen LogP contribution is 2.42. The van der Waals surface area contributed by atoms with Crippen molar-refractivity contribution >= 4 is 12.0 Å².